The molecule has 2 aromatic rings. The van der Waals surface area contributed by atoms with Crippen LogP contribution < -0.4 is 35.6 Å². The minimum absolute atomic E-state index is 0.0220. The molecule has 4 N–H and O–H groups in total. The molecule has 2 amide bonds. The van der Waals surface area contributed by atoms with Crippen LogP contribution in [0.3, 0.4) is 0 Å². The van der Waals surface area contributed by atoms with Gasteiger partial charge in [0.25, 0.3) is 0 Å². The number of aryl methyl sites for hydroxylation is 1. The zero-order chi connectivity index (χ0) is 30.3. The quantitative estimate of drug-likeness (QED) is 0.302. The van der Waals surface area contributed by atoms with Gasteiger partial charge in [0.1, 0.15) is 6.04 Å². The maximum absolute atomic E-state index is 13.6. The Labute approximate surface area is 239 Å². The minimum Gasteiger partial charge on any atom is -0.493 e. The van der Waals surface area contributed by atoms with Gasteiger partial charge in [-0.05, 0) is 60.1 Å². The van der Waals surface area contributed by atoms with Crippen molar-refractivity contribution in [1.82, 2.24) is 10.6 Å². The second kappa shape index (κ2) is 13.9. The first-order valence-corrected chi connectivity index (χ1v) is 13.5. The van der Waals surface area contributed by atoms with E-state index in [9.17, 15) is 19.2 Å². The van der Waals surface area contributed by atoms with Crippen LogP contribution in [0, 0.1) is 5.92 Å². The van der Waals surface area contributed by atoms with E-state index in [4.69, 9.17) is 19.3 Å². The monoisotopic (exact) mass is 569 g/mol. The van der Waals surface area contributed by atoms with E-state index in [0.29, 0.717) is 47.6 Å². The smallest absolute Gasteiger partial charge is 0.305 e. The molecule has 0 aliphatic heterocycles. The summed E-state index contributed by atoms with van der Waals surface area (Å²) in [5, 5.41) is 17.6. The van der Waals surface area contributed by atoms with Crippen LogP contribution in [0.15, 0.2) is 29.1 Å². The SMILES string of the molecule is COc1cc2c(c(OC)c1OC)-c1ccc(N[C@H](CC(C)C)C(=O)NCCC(=O)O)c(=O)cc1[C@H](NC(C)=O)CC2. The number of carboxylic acid groups (broad SMARTS) is 1. The molecule has 11 nitrogen and oxygen atoms in total. The molecule has 11 heteroatoms. The number of fused-ring (bicyclic) bond motifs is 3. The first-order valence-electron chi connectivity index (χ1n) is 13.5. The number of ether oxygens (including phenoxy) is 3. The molecule has 2 atom stereocenters. The van der Waals surface area contributed by atoms with Crippen LogP contribution in [0.1, 0.15) is 57.2 Å². The summed E-state index contributed by atoms with van der Waals surface area (Å²) < 4.78 is 17.0. The van der Waals surface area contributed by atoms with E-state index in [0.717, 1.165) is 11.1 Å². The van der Waals surface area contributed by atoms with Crippen LogP contribution in [0.2, 0.25) is 0 Å². The minimum atomic E-state index is -1.02. The van der Waals surface area contributed by atoms with Crippen molar-refractivity contribution in [2.75, 3.05) is 33.2 Å². The van der Waals surface area contributed by atoms with Crippen LogP contribution in [0.4, 0.5) is 5.69 Å². The van der Waals surface area contributed by atoms with Crippen molar-refractivity contribution in [3.63, 3.8) is 0 Å². The lowest BCUT2D eigenvalue weighted by Crippen LogP contribution is -2.42. The molecule has 0 heterocycles. The molecule has 0 fully saturated rings. The third kappa shape index (κ3) is 7.47. The number of nitrogens with one attached hydrogen (secondary N) is 3. The lowest BCUT2D eigenvalue weighted by Gasteiger charge is -2.20. The fourth-order valence-corrected chi connectivity index (χ4v) is 5.13. The largest absolute Gasteiger partial charge is 0.493 e. The van der Waals surface area contributed by atoms with Gasteiger partial charge in [0.15, 0.2) is 11.5 Å². The molecule has 222 valence electrons. The number of anilines is 1. The maximum Gasteiger partial charge on any atom is 0.305 e. The highest BCUT2D eigenvalue weighted by Gasteiger charge is 2.30. The number of amides is 2. The zero-order valence-electron chi connectivity index (χ0n) is 24.4. The summed E-state index contributed by atoms with van der Waals surface area (Å²) in [7, 11) is 4.59. The molecule has 0 bridgehead atoms. The van der Waals surface area contributed by atoms with Crippen LogP contribution in [0.25, 0.3) is 11.1 Å². The first-order chi connectivity index (χ1) is 19.5. The molecule has 2 aromatic carbocycles. The molecule has 0 radical (unpaired) electrons. The Bertz CT molecular complexity index is 1360. The van der Waals surface area contributed by atoms with Gasteiger partial charge in [-0.3, -0.25) is 19.2 Å². The van der Waals surface area contributed by atoms with Crippen molar-refractivity contribution >= 4 is 23.5 Å². The van der Waals surface area contributed by atoms with E-state index in [1.54, 1.807) is 19.2 Å². The molecular weight excluding hydrogens is 530 g/mol. The van der Waals surface area contributed by atoms with Gasteiger partial charge in [0.05, 0.1) is 39.5 Å². The highest BCUT2D eigenvalue weighted by Crippen LogP contribution is 2.50. The van der Waals surface area contributed by atoms with Crippen molar-refractivity contribution < 1.29 is 33.7 Å². The molecule has 0 saturated carbocycles. The van der Waals surface area contributed by atoms with E-state index < -0.39 is 24.0 Å². The van der Waals surface area contributed by atoms with Gasteiger partial charge < -0.3 is 35.3 Å². The van der Waals surface area contributed by atoms with E-state index in [1.807, 2.05) is 19.9 Å². The molecule has 1 aliphatic carbocycles. The number of carbonyl (C=O) groups is 3. The lowest BCUT2D eigenvalue weighted by atomic mass is 9.95. The highest BCUT2D eigenvalue weighted by molar-refractivity contribution is 5.86. The van der Waals surface area contributed by atoms with Gasteiger partial charge in [-0.15, -0.1) is 0 Å². The van der Waals surface area contributed by atoms with Crippen molar-refractivity contribution in [3.05, 3.63) is 45.6 Å². The number of methoxy groups -OCH3 is 3. The highest BCUT2D eigenvalue weighted by atomic mass is 16.5. The number of rotatable bonds is 12. The van der Waals surface area contributed by atoms with Gasteiger partial charge in [-0.25, -0.2) is 0 Å². The molecule has 41 heavy (non-hydrogen) atoms. The summed E-state index contributed by atoms with van der Waals surface area (Å²) in [5.41, 5.74) is 2.73. The predicted octanol–water partition coefficient (Wildman–Crippen LogP) is 3.28. The Morgan fingerprint density at radius 2 is 1.76 bits per heavy atom. The van der Waals surface area contributed by atoms with Crippen LogP contribution in [-0.2, 0) is 20.8 Å². The topological polar surface area (TPSA) is 152 Å². The van der Waals surface area contributed by atoms with Crippen LogP contribution in [-0.4, -0.2) is 56.8 Å². The fourth-order valence-electron chi connectivity index (χ4n) is 5.13. The molecule has 0 saturated heterocycles. The second-order valence-electron chi connectivity index (χ2n) is 10.4. The van der Waals surface area contributed by atoms with Gasteiger partial charge in [0.2, 0.25) is 23.0 Å². The standard InChI is InChI=1S/C30H39N3O8/c1-16(2)13-23(30(38)31-12-11-26(36)37)33-22-10-8-19-20(15-24(22)35)21(32-17(3)34)9-7-18-14-25(39-4)28(40-5)29(41-6)27(18)19/h8,10,14-16,21,23H,7,9,11-13H2,1-6H3,(H,31,38)(H,32,34)(H,33,35)(H,36,37)/t21-,23-/m1/s1. The van der Waals surface area contributed by atoms with Crippen molar-refractivity contribution in [3.8, 4) is 28.4 Å². The summed E-state index contributed by atoms with van der Waals surface area (Å²) in [6.07, 6.45) is 1.30. The van der Waals surface area contributed by atoms with E-state index >= 15 is 0 Å². The van der Waals surface area contributed by atoms with Crippen molar-refractivity contribution in [2.24, 2.45) is 5.92 Å². The second-order valence-corrected chi connectivity index (χ2v) is 10.4. The summed E-state index contributed by atoms with van der Waals surface area (Å²) in [4.78, 5) is 49.6. The summed E-state index contributed by atoms with van der Waals surface area (Å²) in [5.74, 6) is -0.190. The molecule has 3 rings (SSSR count). The van der Waals surface area contributed by atoms with Gasteiger partial charge in [-0.2, -0.15) is 0 Å². The number of carboxylic acids is 1. The Hall–Kier alpha value is -4.28. The lowest BCUT2D eigenvalue weighted by molar-refractivity contribution is -0.137. The molecule has 1 aliphatic rings. The molecule has 0 spiro atoms. The van der Waals surface area contributed by atoms with Gasteiger partial charge in [-0.1, -0.05) is 19.9 Å². The average Bonchev–Trinajstić information content (AvgIpc) is 3.15. The molecule has 0 aromatic heterocycles. The Kier molecular flexibility index (Phi) is 10.6. The number of hydrogen-bond acceptors (Lipinski definition) is 8. The summed E-state index contributed by atoms with van der Waals surface area (Å²) in [6, 6.07) is 5.53. The van der Waals surface area contributed by atoms with Crippen LogP contribution in [0.5, 0.6) is 17.2 Å². The van der Waals surface area contributed by atoms with E-state index in [1.165, 1.54) is 27.2 Å². The third-order valence-corrected chi connectivity index (χ3v) is 6.91. The van der Waals surface area contributed by atoms with E-state index in [-0.39, 0.29) is 35.9 Å². The van der Waals surface area contributed by atoms with Crippen molar-refractivity contribution in [2.45, 2.75) is 58.5 Å². The third-order valence-electron chi connectivity index (χ3n) is 6.91. The van der Waals surface area contributed by atoms with Crippen LogP contribution >= 0.6 is 0 Å². The van der Waals surface area contributed by atoms with Crippen molar-refractivity contribution in [1.29, 1.82) is 0 Å². The number of aliphatic carboxylic acids is 1. The van der Waals surface area contributed by atoms with Gasteiger partial charge in [0, 0.05) is 19.0 Å². The first kappa shape index (κ1) is 31.3. The Balaban J connectivity index is 2.18. The normalized spacial score (nSPS) is 14.6. The number of hydrogen-bond donors (Lipinski definition) is 4. The number of carbonyl (C=O) groups excluding carboxylic acids is 2. The summed E-state index contributed by atoms with van der Waals surface area (Å²) >= 11 is 0. The van der Waals surface area contributed by atoms with E-state index in [2.05, 4.69) is 16.0 Å². The maximum atomic E-state index is 13.6. The summed E-state index contributed by atoms with van der Waals surface area (Å²) in [6.45, 7) is 5.31. The Morgan fingerprint density at radius 3 is 2.34 bits per heavy atom. The fraction of sp³-hybridized carbons (Fsp3) is 0.467. The average molecular weight is 570 g/mol. The van der Waals surface area contributed by atoms with Gasteiger partial charge >= 0.3 is 5.97 Å². The zero-order valence-corrected chi connectivity index (χ0v) is 24.4. The predicted molar refractivity (Wildman–Crippen MR) is 155 cm³/mol. The molecule has 0 unspecified atom stereocenters. The number of benzene rings is 1. The molecular formula is C30H39N3O8. The Morgan fingerprint density at radius 1 is 1.05 bits per heavy atom.